The summed E-state index contributed by atoms with van der Waals surface area (Å²) < 4.78 is 13.4. The third kappa shape index (κ3) is 3.83. The average Bonchev–Trinajstić information content (AvgIpc) is 3.09. The minimum Gasteiger partial charge on any atom is -0.350 e. The Morgan fingerprint density at radius 2 is 2.22 bits per heavy atom. The molecule has 2 rings (SSSR count). The van der Waals surface area contributed by atoms with E-state index in [0.717, 1.165) is 18.9 Å². The molecule has 3 N–H and O–H groups in total. The number of carbonyl (C=O) groups is 1. The Morgan fingerprint density at radius 3 is 2.78 bits per heavy atom. The van der Waals surface area contributed by atoms with Crippen molar-refractivity contribution in [2.75, 3.05) is 6.54 Å². The summed E-state index contributed by atoms with van der Waals surface area (Å²) in [5.41, 5.74) is 5.84. The fourth-order valence-corrected chi connectivity index (χ4v) is 1.83. The molecular weight excluding hydrogens is 278 g/mol. The first kappa shape index (κ1) is 15.2. The van der Waals surface area contributed by atoms with E-state index in [2.05, 4.69) is 5.32 Å². The second-order valence-corrected chi connectivity index (χ2v) is 4.77. The first-order chi connectivity index (χ1) is 8.08. The maximum Gasteiger partial charge on any atom is 0.254 e. The van der Waals surface area contributed by atoms with Gasteiger partial charge in [0.2, 0.25) is 0 Å². The van der Waals surface area contributed by atoms with Gasteiger partial charge in [-0.05, 0) is 37.0 Å². The largest absolute Gasteiger partial charge is 0.350 e. The van der Waals surface area contributed by atoms with Gasteiger partial charge in [0.1, 0.15) is 5.82 Å². The minimum absolute atomic E-state index is 0. The van der Waals surface area contributed by atoms with Crippen LogP contribution in [0, 0.1) is 11.7 Å². The molecule has 0 spiro atoms. The van der Waals surface area contributed by atoms with Crippen molar-refractivity contribution < 1.29 is 9.18 Å². The summed E-state index contributed by atoms with van der Waals surface area (Å²) in [6.07, 6.45) is 2.23. The van der Waals surface area contributed by atoms with Crippen molar-refractivity contribution in [1.29, 1.82) is 0 Å². The van der Waals surface area contributed by atoms with Gasteiger partial charge in [0.25, 0.3) is 5.91 Å². The molecule has 3 nitrogen and oxygen atoms in total. The third-order valence-corrected chi connectivity index (χ3v) is 3.14. The van der Waals surface area contributed by atoms with Crippen LogP contribution < -0.4 is 11.1 Å². The van der Waals surface area contributed by atoms with E-state index in [9.17, 15) is 9.18 Å². The summed E-state index contributed by atoms with van der Waals surface area (Å²) in [5, 5.41) is 2.91. The summed E-state index contributed by atoms with van der Waals surface area (Å²) in [4.78, 5) is 11.7. The van der Waals surface area contributed by atoms with Crippen LogP contribution in [-0.2, 0) is 0 Å². The molecule has 0 heterocycles. The van der Waals surface area contributed by atoms with Gasteiger partial charge in [0, 0.05) is 17.6 Å². The number of nitrogens with two attached hydrogens (primary N) is 1. The molecule has 1 saturated carbocycles. The van der Waals surface area contributed by atoms with E-state index in [-0.39, 0.29) is 29.0 Å². The van der Waals surface area contributed by atoms with Crippen LogP contribution in [0.3, 0.4) is 0 Å². The zero-order chi connectivity index (χ0) is 12.4. The standard InChI is InChI=1S/C12H14ClFN2O.ClH/c13-8-3-4-9(10(14)5-8)12(17)16-6-11(15)7-1-2-7;/h3-5,7,11H,1-2,6,15H2,(H,16,17);1H. The zero-order valence-electron chi connectivity index (χ0n) is 9.66. The second kappa shape index (κ2) is 6.36. The molecule has 1 amide bonds. The summed E-state index contributed by atoms with van der Waals surface area (Å²) >= 11 is 5.61. The summed E-state index contributed by atoms with van der Waals surface area (Å²) in [6, 6.07) is 3.95. The first-order valence-corrected chi connectivity index (χ1v) is 5.94. The molecule has 100 valence electrons. The summed E-state index contributed by atoms with van der Waals surface area (Å²) in [7, 11) is 0. The van der Waals surface area contributed by atoms with Gasteiger partial charge in [-0.15, -0.1) is 12.4 Å². The van der Waals surface area contributed by atoms with Gasteiger partial charge in [0.15, 0.2) is 0 Å². The maximum absolute atomic E-state index is 13.4. The van der Waals surface area contributed by atoms with Crippen LogP contribution in [0.25, 0.3) is 0 Å². The molecule has 1 atom stereocenters. The number of hydrogen-bond donors (Lipinski definition) is 2. The Kier molecular flexibility index (Phi) is 5.38. The lowest BCUT2D eigenvalue weighted by Gasteiger charge is -2.11. The van der Waals surface area contributed by atoms with Crippen molar-refractivity contribution in [3.8, 4) is 0 Å². The van der Waals surface area contributed by atoms with E-state index >= 15 is 0 Å². The first-order valence-electron chi connectivity index (χ1n) is 5.57. The number of carbonyl (C=O) groups excluding carboxylic acids is 1. The lowest BCUT2D eigenvalue weighted by atomic mass is 10.1. The summed E-state index contributed by atoms with van der Waals surface area (Å²) in [5.74, 6) is -0.560. The quantitative estimate of drug-likeness (QED) is 0.895. The Bertz CT molecular complexity index is 438. The van der Waals surface area contributed by atoms with Gasteiger partial charge >= 0.3 is 0 Å². The van der Waals surface area contributed by atoms with Gasteiger partial charge in [-0.2, -0.15) is 0 Å². The molecule has 0 saturated heterocycles. The molecule has 1 aliphatic carbocycles. The molecule has 0 aromatic heterocycles. The Labute approximate surface area is 116 Å². The Hall–Kier alpha value is -0.840. The summed E-state index contributed by atoms with van der Waals surface area (Å²) in [6.45, 7) is 0.381. The van der Waals surface area contributed by atoms with Crippen molar-refractivity contribution >= 4 is 29.9 Å². The Morgan fingerprint density at radius 1 is 1.56 bits per heavy atom. The highest BCUT2D eigenvalue weighted by Crippen LogP contribution is 2.31. The van der Waals surface area contributed by atoms with Crippen LogP contribution in [0.5, 0.6) is 0 Å². The van der Waals surface area contributed by atoms with E-state index in [1.54, 1.807) is 0 Å². The highest BCUT2D eigenvalue weighted by molar-refractivity contribution is 6.30. The SMILES string of the molecule is Cl.NC(CNC(=O)c1ccc(Cl)cc1F)C1CC1. The number of halogens is 3. The molecule has 1 unspecified atom stereocenters. The normalized spacial score (nSPS) is 15.7. The molecule has 1 fully saturated rings. The van der Waals surface area contributed by atoms with Gasteiger partial charge in [0.05, 0.1) is 5.56 Å². The van der Waals surface area contributed by atoms with Crippen LogP contribution in [0.2, 0.25) is 5.02 Å². The van der Waals surface area contributed by atoms with Crippen molar-refractivity contribution in [2.45, 2.75) is 18.9 Å². The van der Waals surface area contributed by atoms with E-state index in [1.807, 2.05) is 0 Å². The molecule has 0 radical (unpaired) electrons. The number of amides is 1. The fourth-order valence-electron chi connectivity index (χ4n) is 1.67. The van der Waals surface area contributed by atoms with E-state index in [1.165, 1.54) is 12.1 Å². The van der Waals surface area contributed by atoms with Crippen LogP contribution in [0.15, 0.2) is 18.2 Å². The topological polar surface area (TPSA) is 55.1 Å². The molecule has 18 heavy (non-hydrogen) atoms. The molecule has 0 bridgehead atoms. The highest BCUT2D eigenvalue weighted by Gasteiger charge is 2.28. The van der Waals surface area contributed by atoms with E-state index in [0.29, 0.717) is 12.5 Å². The molecule has 6 heteroatoms. The fraction of sp³-hybridized carbons (Fsp3) is 0.417. The monoisotopic (exact) mass is 292 g/mol. The van der Waals surface area contributed by atoms with Gasteiger partial charge in [-0.1, -0.05) is 11.6 Å². The van der Waals surface area contributed by atoms with Crippen molar-refractivity contribution in [3.05, 3.63) is 34.6 Å². The van der Waals surface area contributed by atoms with Gasteiger partial charge in [-0.3, -0.25) is 4.79 Å². The predicted molar refractivity (Wildman–Crippen MR) is 71.7 cm³/mol. The second-order valence-electron chi connectivity index (χ2n) is 4.34. The van der Waals surface area contributed by atoms with Crippen molar-refractivity contribution in [1.82, 2.24) is 5.32 Å². The number of hydrogen-bond acceptors (Lipinski definition) is 2. The highest BCUT2D eigenvalue weighted by atomic mass is 35.5. The zero-order valence-corrected chi connectivity index (χ0v) is 11.2. The average molecular weight is 293 g/mol. The number of rotatable bonds is 4. The van der Waals surface area contributed by atoms with Gasteiger partial charge < -0.3 is 11.1 Å². The lowest BCUT2D eigenvalue weighted by Crippen LogP contribution is -2.38. The Balaban J connectivity index is 0.00000162. The minimum atomic E-state index is -0.616. The van der Waals surface area contributed by atoms with Crippen LogP contribution in [-0.4, -0.2) is 18.5 Å². The predicted octanol–water partition coefficient (Wildman–Crippen LogP) is 2.37. The third-order valence-electron chi connectivity index (χ3n) is 2.90. The molecule has 1 aromatic carbocycles. The van der Waals surface area contributed by atoms with Gasteiger partial charge in [-0.25, -0.2) is 4.39 Å². The lowest BCUT2D eigenvalue weighted by molar-refractivity contribution is 0.0946. The van der Waals surface area contributed by atoms with Crippen LogP contribution in [0.1, 0.15) is 23.2 Å². The molecule has 0 aliphatic heterocycles. The van der Waals surface area contributed by atoms with Crippen molar-refractivity contribution in [2.24, 2.45) is 11.7 Å². The van der Waals surface area contributed by atoms with E-state index in [4.69, 9.17) is 17.3 Å². The van der Waals surface area contributed by atoms with Crippen LogP contribution >= 0.6 is 24.0 Å². The molecule has 1 aliphatic rings. The number of benzene rings is 1. The van der Waals surface area contributed by atoms with Crippen LogP contribution in [0.4, 0.5) is 4.39 Å². The number of nitrogens with one attached hydrogen (secondary N) is 1. The smallest absolute Gasteiger partial charge is 0.254 e. The molecule has 1 aromatic rings. The van der Waals surface area contributed by atoms with Crippen molar-refractivity contribution in [3.63, 3.8) is 0 Å². The molecular formula is C12H15Cl2FN2O. The maximum atomic E-state index is 13.4. The van der Waals surface area contributed by atoms with E-state index < -0.39 is 11.7 Å².